The van der Waals surface area contributed by atoms with Gasteiger partial charge < -0.3 is 10.1 Å². The maximum Gasteiger partial charge on any atom is 0.310 e. The van der Waals surface area contributed by atoms with Gasteiger partial charge in [-0.2, -0.15) is 0 Å². The predicted octanol–water partition coefficient (Wildman–Crippen LogP) is 2.30. The van der Waals surface area contributed by atoms with Crippen LogP contribution >= 0.6 is 0 Å². The second-order valence-electron chi connectivity index (χ2n) is 5.25. The van der Waals surface area contributed by atoms with Gasteiger partial charge in [-0.1, -0.05) is 24.3 Å². The van der Waals surface area contributed by atoms with E-state index in [1.165, 1.54) is 6.42 Å². The lowest BCUT2D eigenvalue weighted by Crippen LogP contribution is -2.41. The molecule has 0 saturated carbocycles. The Morgan fingerprint density at radius 1 is 1.39 bits per heavy atom. The van der Waals surface area contributed by atoms with Crippen LogP contribution < -0.4 is 5.32 Å². The fraction of sp³-hybridized carbons (Fsp3) is 0.667. The molecule has 1 saturated heterocycles. The fourth-order valence-corrected chi connectivity index (χ4v) is 2.88. The highest BCUT2D eigenvalue weighted by atomic mass is 16.5. The van der Waals surface area contributed by atoms with E-state index in [0.717, 1.165) is 25.9 Å². The maximum absolute atomic E-state index is 11.7. The number of allylic oxidation sites excluding steroid dienone is 4. The van der Waals surface area contributed by atoms with Gasteiger partial charge in [-0.05, 0) is 44.6 Å². The van der Waals surface area contributed by atoms with Crippen molar-refractivity contribution >= 4 is 5.97 Å². The van der Waals surface area contributed by atoms with Gasteiger partial charge in [-0.25, -0.2) is 0 Å². The van der Waals surface area contributed by atoms with E-state index in [-0.39, 0.29) is 11.9 Å². The molecule has 0 spiro atoms. The third-order valence-electron chi connectivity index (χ3n) is 3.77. The van der Waals surface area contributed by atoms with Gasteiger partial charge in [0.25, 0.3) is 0 Å². The van der Waals surface area contributed by atoms with Gasteiger partial charge in [0.05, 0.1) is 12.5 Å². The normalized spacial score (nSPS) is 31.3. The molecule has 0 aromatic heterocycles. The molecule has 0 radical (unpaired) electrons. The number of piperidine rings is 1. The van der Waals surface area contributed by atoms with E-state index in [1.54, 1.807) is 0 Å². The topological polar surface area (TPSA) is 38.3 Å². The van der Waals surface area contributed by atoms with Crippen LogP contribution in [0.5, 0.6) is 0 Å². The zero-order valence-corrected chi connectivity index (χ0v) is 11.1. The molecule has 0 bridgehead atoms. The van der Waals surface area contributed by atoms with Gasteiger partial charge in [0.1, 0.15) is 0 Å². The Balaban J connectivity index is 1.81. The van der Waals surface area contributed by atoms with Gasteiger partial charge in [0.15, 0.2) is 0 Å². The number of carbonyl (C=O) groups is 1. The Bertz CT molecular complexity index is 335. The molecule has 0 amide bonds. The Hall–Kier alpha value is -1.09. The minimum atomic E-state index is -0.0335. The lowest BCUT2D eigenvalue weighted by molar-refractivity contribution is -0.149. The van der Waals surface area contributed by atoms with Crippen LogP contribution in [0.25, 0.3) is 0 Å². The standard InChI is InChI=1S/C15H23NO2/c1-2-18-15(17)14-9-13(10-16-11-14)8-12-6-4-3-5-7-12/h3-6,12-14,16H,2,7-11H2,1H3. The molecule has 3 nitrogen and oxygen atoms in total. The minimum Gasteiger partial charge on any atom is -0.466 e. The minimum absolute atomic E-state index is 0.0335. The second-order valence-corrected chi connectivity index (χ2v) is 5.25. The van der Waals surface area contributed by atoms with Crippen LogP contribution in [-0.4, -0.2) is 25.7 Å². The third kappa shape index (κ3) is 3.70. The van der Waals surface area contributed by atoms with Crippen LogP contribution in [0.4, 0.5) is 0 Å². The summed E-state index contributed by atoms with van der Waals surface area (Å²) in [5.41, 5.74) is 0. The first kappa shape index (κ1) is 13.3. The molecule has 2 aliphatic rings. The van der Waals surface area contributed by atoms with Crippen molar-refractivity contribution in [2.24, 2.45) is 17.8 Å². The van der Waals surface area contributed by atoms with Gasteiger partial charge in [-0.15, -0.1) is 0 Å². The zero-order chi connectivity index (χ0) is 12.8. The van der Waals surface area contributed by atoms with Crippen molar-refractivity contribution in [1.82, 2.24) is 5.32 Å². The van der Waals surface area contributed by atoms with Crippen molar-refractivity contribution < 1.29 is 9.53 Å². The summed E-state index contributed by atoms with van der Waals surface area (Å²) in [4.78, 5) is 11.7. The second kappa shape index (κ2) is 6.74. The monoisotopic (exact) mass is 249 g/mol. The fourth-order valence-electron chi connectivity index (χ4n) is 2.88. The number of carbonyl (C=O) groups excluding carboxylic acids is 1. The summed E-state index contributed by atoms with van der Waals surface area (Å²) in [5, 5.41) is 3.37. The van der Waals surface area contributed by atoms with E-state index in [2.05, 4.69) is 29.6 Å². The van der Waals surface area contributed by atoms with Crippen molar-refractivity contribution in [1.29, 1.82) is 0 Å². The molecule has 0 aromatic rings. The quantitative estimate of drug-likeness (QED) is 0.777. The summed E-state index contributed by atoms with van der Waals surface area (Å²) in [5.74, 6) is 1.25. The number of nitrogens with one attached hydrogen (secondary N) is 1. The summed E-state index contributed by atoms with van der Waals surface area (Å²) in [6.45, 7) is 4.15. The molecule has 3 atom stereocenters. The average Bonchev–Trinajstić information content (AvgIpc) is 2.40. The molecule has 100 valence electrons. The van der Waals surface area contributed by atoms with Crippen molar-refractivity contribution in [2.75, 3.05) is 19.7 Å². The van der Waals surface area contributed by atoms with Crippen molar-refractivity contribution in [3.63, 3.8) is 0 Å². The number of esters is 1. The molecular weight excluding hydrogens is 226 g/mol. The predicted molar refractivity (Wildman–Crippen MR) is 72.1 cm³/mol. The summed E-state index contributed by atoms with van der Waals surface area (Å²) in [6.07, 6.45) is 12.0. The van der Waals surface area contributed by atoms with Crippen molar-refractivity contribution in [3.05, 3.63) is 24.3 Å². The number of rotatable bonds is 4. The Morgan fingerprint density at radius 3 is 3.00 bits per heavy atom. The maximum atomic E-state index is 11.7. The lowest BCUT2D eigenvalue weighted by atomic mass is 9.82. The molecule has 1 heterocycles. The number of ether oxygens (including phenoxy) is 1. The molecule has 3 heteroatoms. The molecule has 1 aliphatic carbocycles. The summed E-state index contributed by atoms with van der Waals surface area (Å²) in [6, 6.07) is 0. The number of hydrogen-bond acceptors (Lipinski definition) is 3. The first-order valence-corrected chi connectivity index (χ1v) is 7.00. The van der Waals surface area contributed by atoms with Crippen LogP contribution in [-0.2, 0) is 9.53 Å². The van der Waals surface area contributed by atoms with E-state index < -0.39 is 0 Å². The molecule has 1 aliphatic heterocycles. The van der Waals surface area contributed by atoms with E-state index in [4.69, 9.17) is 4.74 Å². The highest BCUT2D eigenvalue weighted by Gasteiger charge is 2.29. The highest BCUT2D eigenvalue weighted by Crippen LogP contribution is 2.27. The first-order chi connectivity index (χ1) is 8.79. The molecule has 1 N–H and O–H groups in total. The van der Waals surface area contributed by atoms with Crippen LogP contribution in [0, 0.1) is 17.8 Å². The van der Waals surface area contributed by atoms with Gasteiger partial charge in [0, 0.05) is 6.54 Å². The molecule has 18 heavy (non-hydrogen) atoms. The van der Waals surface area contributed by atoms with Crippen LogP contribution in [0.15, 0.2) is 24.3 Å². The average molecular weight is 249 g/mol. The molecule has 3 unspecified atom stereocenters. The number of hydrogen-bond donors (Lipinski definition) is 1. The van der Waals surface area contributed by atoms with Gasteiger partial charge in [-0.3, -0.25) is 4.79 Å². The Labute approximate surface area is 109 Å². The van der Waals surface area contributed by atoms with Crippen molar-refractivity contribution in [2.45, 2.75) is 26.2 Å². The molecule has 1 fully saturated rings. The van der Waals surface area contributed by atoms with E-state index in [0.29, 0.717) is 18.4 Å². The van der Waals surface area contributed by atoms with E-state index in [9.17, 15) is 4.79 Å². The van der Waals surface area contributed by atoms with E-state index in [1.807, 2.05) is 6.92 Å². The SMILES string of the molecule is CCOC(=O)C1CNCC(CC2C=CC=CC2)C1. The Morgan fingerprint density at radius 2 is 2.28 bits per heavy atom. The summed E-state index contributed by atoms with van der Waals surface area (Å²) < 4.78 is 5.12. The molecule has 0 aromatic carbocycles. The van der Waals surface area contributed by atoms with Crippen LogP contribution in [0.3, 0.4) is 0 Å². The first-order valence-electron chi connectivity index (χ1n) is 7.00. The van der Waals surface area contributed by atoms with Gasteiger partial charge >= 0.3 is 5.97 Å². The molecule has 2 rings (SSSR count). The van der Waals surface area contributed by atoms with Crippen LogP contribution in [0.1, 0.15) is 26.2 Å². The largest absolute Gasteiger partial charge is 0.466 e. The summed E-state index contributed by atoms with van der Waals surface area (Å²) in [7, 11) is 0. The van der Waals surface area contributed by atoms with Crippen LogP contribution in [0.2, 0.25) is 0 Å². The van der Waals surface area contributed by atoms with Gasteiger partial charge in [0.2, 0.25) is 0 Å². The Kier molecular flexibility index (Phi) is 5.00. The highest BCUT2D eigenvalue weighted by molar-refractivity contribution is 5.72. The van der Waals surface area contributed by atoms with E-state index >= 15 is 0 Å². The van der Waals surface area contributed by atoms with Crippen molar-refractivity contribution in [3.8, 4) is 0 Å². The third-order valence-corrected chi connectivity index (χ3v) is 3.77. The molecular formula is C15H23NO2. The zero-order valence-electron chi connectivity index (χ0n) is 11.1. The summed E-state index contributed by atoms with van der Waals surface area (Å²) >= 11 is 0. The lowest BCUT2D eigenvalue weighted by Gasteiger charge is -2.30. The smallest absolute Gasteiger partial charge is 0.310 e.